The Balaban J connectivity index is -0.000000121. The molecule has 0 aliphatic heterocycles. The van der Waals surface area contributed by atoms with Crippen molar-refractivity contribution in [2.24, 2.45) is 5.92 Å². The van der Waals surface area contributed by atoms with Crippen LogP contribution in [-0.2, 0) is 0 Å². The summed E-state index contributed by atoms with van der Waals surface area (Å²) >= 11 is 3.60. The largest absolute Gasteiger partial charge is 0.472 e. The second-order valence-electron chi connectivity index (χ2n) is 17.8. The van der Waals surface area contributed by atoms with Crippen LogP contribution in [0.15, 0.2) is 153 Å². The molecule has 0 saturated heterocycles. The van der Waals surface area contributed by atoms with Crippen LogP contribution < -0.4 is 0 Å². The number of aromatic nitrogens is 6. The quantitative estimate of drug-likeness (QED) is 0.163. The Morgan fingerprint density at radius 2 is 1.05 bits per heavy atom. The van der Waals surface area contributed by atoms with Crippen LogP contribution in [0.4, 0.5) is 0 Å². The molecule has 8 nitrogen and oxygen atoms in total. The zero-order valence-electron chi connectivity index (χ0n) is 58.5. The summed E-state index contributed by atoms with van der Waals surface area (Å²) in [6, 6.07) is 21.2. The van der Waals surface area contributed by atoms with E-state index in [4.69, 9.17) is 8.83 Å². The molecule has 0 fully saturated rings. The predicted molar refractivity (Wildman–Crippen MR) is 371 cm³/mol. The van der Waals surface area contributed by atoms with E-state index in [-0.39, 0.29) is 0 Å². The van der Waals surface area contributed by atoms with Gasteiger partial charge in [0.15, 0.2) is 12.2 Å². The maximum atomic E-state index is 5.09. The van der Waals surface area contributed by atoms with Gasteiger partial charge < -0.3 is 18.4 Å². The van der Waals surface area contributed by atoms with Gasteiger partial charge in [-0.3, -0.25) is 0 Å². The minimum atomic E-state index is 0.311. The molecule has 1 aliphatic carbocycles. The molecular weight excluding hydrogens is 1030 g/mol. The maximum absolute atomic E-state index is 5.09. The van der Waals surface area contributed by atoms with Gasteiger partial charge in [0, 0.05) is 47.0 Å². The lowest BCUT2D eigenvalue weighted by Crippen LogP contribution is -1.99. The number of hydrogen-bond acceptors (Lipinski definition) is 8. The van der Waals surface area contributed by atoms with E-state index in [9.17, 15) is 0 Å². The Morgan fingerprint density at radius 1 is 0.506 bits per heavy atom. The zero-order valence-corrected chi connectivity index (χ0v) is 60.1. The molecule has 0 bridgehead atoms. The Hall–Kier alpha value is -5.06. The molecule has 8 rings (SSSR count). The average molecular weight is 1160 g/mol. The predicted octanol–water partition coefficient (Wildman–Crippen LogP) is 25.9. The number of H-pyrrole nitrogens is 1. The molecule has 0 aromatic carbocycles. The number of rotatable bonds is 8. The molecule has 7 aromatic rings. The Morgan fingerprint density at radius 3 is 1.26 bits per heavy atom. The second kappa shape index (κ2) is 71.0. The number of aromatic amines is 1. The Labute approximate surface area is 511 Å². The first-order valence-corrected chi connectivity index (χ1v) is 33.0. The first-order chi connectivity index (χ1) is 38.9. The van der Waals surface area contributed by atoms with Gasteiger partial charge in [-0.25, -0.2) is 0 Å². The van der Waals surface area contributed by atoms with Crippen molar-refractivity contribution in [2.75, 3.05) is 0 Å². The molecule has 0 radical (unpaired) electrons. The van der Waals surface area contributed by atoms with Gasteiger partial charge in [-0.2, -0.15) is 11.3 Å². The number of thiophene rings is 2. The van der Waals surface area contributed by atoms with Crippen molar-refractivity contribution in [1.82, 2.24) is 29.9 Å². The topological polar surface area (TPSA) is 98.6 Å². The Bertz CT molecular complexity index is 1780. The van der Waals surface area contributed by atoms with E-state index in [0.29, 0.717) is 53.3 Å². The summed E-state index contributed by atoms with van der Waals surface area (Å²) in [6.07, 6.45) is 20.5. The molecular formula is C71H130N6O2S2. The summed E-state index contributed by atoms with van der Waals surface area (Å²) < 4.78 is 12.1. The van der Waals surface area contributed by atoms with Gasteiger partial charge >= 0.3 is 0 Å². The van der Waals surface area contributed by atoms with Gasteiger partial charge in [-0.1, -0.05) is 232 Å². The molecule has 1 aliphatic rings. The third-order valence-electron chi connectivity index (χ3n) is 9.52. The Kier molecular flexibility index (Phi) is 81.0. The van der Waals surface area contributed by atoms with Gasteiger partial charge in [-0.15, -0.1) is 31.7 Å². The van der Waals surface area contributed by atoms with Crippen molar-refractivity contribution in [2.45, 2.75) is 270 Å². The third kappa shape index (κ3) is 56.6. The molecule has 468 valence electrons. The number of furan rings is 2. The lowest BCUT2D eigenvalue weighted by atomic mass is 10.1. The fourth-order valence-electron chi connectivity index (χ4n) is 5.19. The third-order valence-corrected chi connectivity index (χ3v) is 11.4. The van der Waals surface area contributed by atoms with Crippen LogP contribution in [0.1, 0.15) is 303 Å². The van der Waals surface area contributed by atoms with Crippen molar-refractivity contribution < 1.29 is 8.83 Å². The average Bonchev–Trinajstić information content (AvgIpc) is 4.36. The fourth-order valence-corrected chi connectivity index (χ4v) is 6.76. The summed E-state index contributed by atoms with van der Waals surface area (Å²) in [5.74, 6) is 5.92. The number of hydrogen-bond donors (Lipinski definition) is 1. The van der Waals surface area contributed by atoms with Crippen LogP contribution in [0.25, 0.3) is 0 Å². The molecule has 10 heteroatoms. The van der Waals surface area contributed by atoms with E-state index in [0.717, 1.165) is 12.2 Å². The minimum Gasteiger partial charge on any atom is -0.472 e. The summed E-state index contributed by atoms with van der Waals surface area (Å²) in [6.45, 7) is 66.5. The van der Waals surface area contributed by atoms with Gasteiger partial charge in [0.25, 0.3) is 0 Å². The highest BCUT2D eigenvalue weighted by atomic mass is 32.1. The summed E-state index contributed by atoms with van der Waals surface area (Å²) in [4.78, 5) is 4.61. The first-order valence-electron chi connectivity index (χ1n) is 31.2. The first kappa shape index (κ1) is 92.4. The SMILES string of the molecule is CC.CC.CC.CC.CC.CC.CC.CC.CC(C)C1=CCC=C1.CC(C)c1ccc[nH]1.CC(C)c1ccco1.CC(C)c1cccs1.CC(C)c1ccoc1.CC(C)c1ccsc1.CC(C)c1nncnn1.CC(C)n1cccc1. The van der Waals surface area contributed by atoms with E-state index in [2.05, 4.69) is 198 Å². The van der Waals surface area contributed by atoms with Gasteiger partial charge in [-0.05, 0) is 137 Å². The van der Waals surface area contributed by atoms with Crippen LogP contribution in [0.2, 0.25) is 0 Å². The lowest BCUT2D eigenvalue weighted by molar-refractivity contribution is 0.487. The smallest absolute Gasteiger partial charge is 0.176 e. The molecule has 0 amide bonds. The second-order valence-corrected chi connectivity index (χ2v) is 19.6. The summed E-state index contributed by atoms with van der Waals surface area (Å²) in [7, 11) is 0. The number of allylic oxidation sites excluding steroid dienone is 4. The molecule has 0 atom stereocenters. The minimum absolute atomic E-state index is 0.311. The van der Waals surface area contributed by atoms with Crippen LogP contribution in [0.5, 0.6) is 0 Å². The van der Waals surface area contributed by atoms with E-state index in [1.807, 2.05) is 179 Å². The van der Waals surface area contributed by atoms with Crippen LogP contribution in [-0.4, -0.2) is 29.9 Å². The number of nitrogens with zero attached hydrogens (tertiary/aromatic N) is 5. The van der Waals surface area contributed by atoms with Gasteiger partial charge in [0.2, 0.25) is 0 Å². The van der Waals surface area contributed by atoms with E-state index in [1.54, 1.807) is 30.1 Å². The summed E-state index contributed by atoms with van der Waals surface area (Å²) in [5, 5.41) is 21.1. The fraction of sp³-hybridized carbons (Fsp3) is 0.577. The molecule has 7 aromatic heterocycles. The normalized spacial score (nSPS) is 9.60. The van der Waals surface area contributed by atoms with Crippen LogP contribution in [0, 0.1) is 5.92 Å². The van der Waals surface area contributed by atoms with Crippen molar-refractivity contribution >= 4 is 22.7 Å². The van der Waals surface area contributed by atoms with Gasteiger partial charge in [0.05, 0.1) is 18.8 Å². The monoisotopic (exact) mass is 1160 g/mol. The maximum Gasteiger partial charge on any atom is 0.176 e. The standard InChI is InChI=1S/C8H12.2C7H11N.2C7H10O.2C7H10S.C5H8N4.8C2H6/c2*1-7(2)8-5-3-4-6-8;1-6(2)7-4-3-5-8-7;1-6(2)7-3-4-8-5-7;1-6(2)7-4-3-5-8-7;1-6(2)7-3-4-8-5-7;1-6(2)7-4-3-5-8-7;1-4(2)5-8-6-3-7-9-5;8*1-2/h3,5-7H,4H2,1-2H3;3-7H,1-2H3;3-6,8H,1-2H3;4*3-6H,1-2H3;3-4H,1-2H3;8*1-2H3. The van der Waals surface area contributed by atoms with Crippen LogP contribution >= 0.6 is 22.7 Å². The zero-order chi connectivity index (χ0) is 64.6. The lowest BCUT2D eigenvalue weighted by Gasteiger charge is -2.03. The highest BCUT2D eigenvalue weighted by Gasteiger charge is 2.02. The summed E-state index contributed by atoms with van der Waals surface area (Å²) in [5.41, 5.74) is 5.52. The molecule has 0 unspecified atom stereocenters. The van der Waals surface area contributed by atoms with Crippen molar-refractivity contribution in [3.63, 3.8) is 0 Å². The van der Waals surface area contributed by atoms with E-state index >= 15 is 0 Å². The molecule has 1 N–H and O–H groups in total. The number of nitrogens with one attached hydrogen (secondary N) is 1. The van der Waals surface area contributed by atoms with E-state index in [1.165, 1.54) is 33.6 Å². The molecule has 0 spiro atoms. The highest BCUT2D eigenvalue weighted by molar-refractivity contribution is 7.10. The van der Waals surface area contributed by atoms with Gasteiger partial charge in [0.1, 0.15) is 5.76 Å². The van der Waals surface area contributed by atoms with E-state index < -0.39 is 0 Å². The van der Waals surface area contributed by atoms with Crippen molar-refractivity contribution in [1.29, 1.82) is 0 Å². The molecule has 7 heterocycles. The highest BCUT2D eigenvalue weighted by Crippen LogP contribution is 2.20. The van der Waals surface area contributed by atoms with Crippen LogP contribution in [0.3, 0.4) is 0 Å². The molecule has 81 heavy (non-hydrogen) atoms. The van der Waals surface area contributed by atoms with Crippen molar-refractivity contribution in [3.8, 4) is 0 Å². The molecule has 0 saturated carbocycles. The van der Waals surface area contributed by atoms with Crippen molar-refractivity contribution in [3.05, 3.63) is 178 Å².